The van der Waals surface area contributed by atoms with E-state index in [1.165, 1.54) is 9.80 Å². The maximum absolute atomic E-state index is 13.3. The van der Waals surface area contributed by atoms with E-state index < -0.39 is 47.7 Å². The topological polar surface area (TPSA) is 99.5 Å². The number of aliphatic hydroxyl groups excluding tert-OH is 2. The summed E-state index contributed by atoms with van der Waals surface area (Å²) in [5, 5.41) is 23.3. The van der Waals surface area contributed by atoms with Crippen molar-refractivity contribution >= 4 is 12.2 Å². The van der Waals surface area contributed by atoms with Crippen molar-refractivity contribution in [3.05, 3.63) is 70.8 Å². The smallest absolute Gasteiger partial charge is 0.410 e. The Bertz CT molecular complexity index is 1080. The fourth-order valence-corrected chi connectivity index (χ4v) is 5.20. The minimum Gasteiger partial charge on any atom is -0.444 e. The van der Waals surface area contributed by atoms with Gasteiger partial charge in [0.25, 0.3) is 0 Å². The Kier molecular flexibility index (Phi) is 7.77. The van der Waals surface area contributed by atoms with E-state index in [2.05, 4.69) is 0 Å². The fourth-order valence-electron chi connectivity index (χ4n) is 5.20. The largest absolute Gasteiger partial charge is 0.444 e. The number of hydrogen-bond acceptors (Lipinski definition) is 6. The van der Waals surface area contributed by atoms with Crippen LogP contribution in [0, 0.1) is 0 Å². The first-order valence-corrected chi connectivity index (χ1v) is 13.2. The maximum atomic E-state index is 13.3. The van der Waals surface area contributed by atoms with Crippen LogP contribution in [-0.2, 0) is 35.4 Å². The molecule has 4 atom stereocenters. The Morgan fingerprint density at radius 2 is 1.00 bits per heavy atom. The van der Waals surface area contributed by atoms with Crippen LogP contribution in [0.3, 0.4) is 0 Å². The lowest BCUT2D eigenvalue weighted by molar-refractivity contribution is -0.0857. The molecular weight excluding hydrogens is 484 g/mol. The van der Waals surface area contributed by atoms with Crippen LogP contribution in [0.4, 0.5) is 9.59 Å². The molecule has 2 aromatic rings. The Balaban J connectivity index is 1.65. The Morgan fingerprint density at radius 3 is 1.32 bits per heavy atom. The number of aliphatic hydroxyl groups is 2. The molecule has 2 aliphatic rings. The Hall–Kier alpha value is -3.10. The molecule has 8 nitrogen and oxygen atoms in total. The average Bonchev–Trinajstić information content (AvgIpc) is 2.84. The molecule has 0 aliphatic carbocycles. The fraction of sp³-hybridized carbons (Fsp3) is 0.533. The molecule has 0 aromatic heterocycles. The Labute approximate surface area is 225 Å². The van der Waals surface area contributed by atoms with Crippen molar-refractivity contribution < 1.29 is 29.3 Å². The number of rotatable bonds is 3. The van der Waals surface area contributed by atoms with E-state index in [1.54, 1.807) is 41.5 Å². The van der Waals surface area contributed by atoms with E-state index in [0.717, 1.165) is 22.3 Å². The molecule has 206 valence electrons. The van der Waals surface area contributed by atoms with Gasteiger partial charge in [0.05, 0.1) is 12.1 Å². The van der Waals surface area contributed by atoms with Crippen LogP contribution in [0.15, 0.2) is 48.5 Å². The lowest BCUT2D eigenvalue weighted by atomic mass is 9.84. The summed E-state index contributed by atoms with van der Waals surface area (Å²) < 4.78 is 11.3. The summed E-state index contributed by atoms with van der Waals surface area (Å²) in [5.41, 5.74) is 2.51. The van der Waals surface area contributed by atoms with Gasteiger partial charge in [0, 0.05) is 13.1 Å². The first-order valence-electron chi connectivity index (χ1n) is 13.2. The molecule has 2 aromatic carbocycles. The van der Waals surface area contributed by atoms with Crippen LogP contribution in [0.25, 0.3) is 0 Å². The summed E-state index contributed by atoms with van der Waals surface area (Å²) >= 11 is 0. The van der Waals surface area contributed by atoms with Gasteiger partial charge in [-0.3, -0.25) is 9.80 Å². The predicted octanol–water partition coefficient (Wildman–Crippen LogP) is 4.43. The molecule has 2 aliphatic heterocycles. The molecule has 0 bridgehead atoms. The number of carbonyl (C=O) groups excluding carboxylic acids is 2. The number of nitrogens with zero attached hydrogens (tertiary/aromatic N) is 2. The third-order valence-electron chi connectivity index (χ3n) is 6.97. The van der Waals surface area contributed by atoms with E-state index >= 15 is 0 Å². The van der Waals surface area contributed by atoms with Crippen LogP contribution in [0.2, 0.25) is 0 Å². The van der Waals surface area contributed by atoms with Crippen LogP contribution in [0.1, 0.15) is 63.8 Å². The van der Waals surface area contributed by atoms with Gasteiger partial charge in [0.15, 0.2) is 0 Å². The van der Waals surface area contributed by atoms with Gasteiger partial charge >= 0.3 is 12.2 Å². The van der Waals surface area contributed by atoms with Gasteiger partial charge in [-0.25, -0.2) is 9.59 Å². The summed E-state index contributed by atoms with van der Waals surface area (Å²) in [6.07, 6.45) is -3.08. The molecule has 0 unspecified atom stereocenters. The summed E-state index contributed by atoms with van der Waals surface area (Å²) in [4.78, 5) is 29.5. The number of fused-ring (bicyclic) bond motifs is 2. The second-order valence-corrected chi connectivity index (χ2v) is 12.3. The van der Waals surface area contributed by atoms with E-state index in [4.69, 9.17) is 9.47 Å². The molecule has 38 heavy (non-hydrogen) atoms. The van der Waals surface area contributed by atoms with Crippen LogP contribution >= 0.6 is 0 Å². The van der Waals surface area contributed by atoms with Gasteiger partial charge < -0.3 is 19.7 Å². The molecule has 4 rings (SSSR count). The van der Waals surface area contributed by atoms with Gasteiger partial charge in [-0.05, 0) is 76.6 Å². The summed E-state index contributed by atoms with van der Waals surface area (Å²) in [6.45, 7) is 11.3. The van der Waals surface area contributed by atoms with E-state index in [-0.39, 0.29) is 13.1 Å². The first-order chi connectivity index (χ1) is 17.7. The van der Waals surface area contributed by atoms with E-state index in [0.29, 0.717) is 12.8 Å². The molecule has 2 amide bonds. The average molecular weight is 525 g/mol. The van der Waals surface area contributed by atoms with Crippen molar-refractivity contribution in [3.8, 4) is 0 Å². The first kappa shape index (κ1) is 27.9. The molecule has 2 heterocycles. The summed E-state index contributed by atoms with van der Waals surface area (Å²) in [6, 6.07) is 14.0. The highest BCUT2D eigenvalue weighted by Crippen LogP contribution is 2.32. The lowest BCUT2D eigenvalue weighted by Gasteiger charge is -2.45. The second kappa shape index (κ2) is 10.6. The van der Waals surface area contributed by atoms with Gasteiger partial charge in [-0.2, -0.15) is 0 Å². The lowest BCUT2D eigenvalue weighted by Crippen LogP contribution is -2.61. The monoisotopic (exact) mass is 524 g/mol. The summed E-state index contributed by atoms with van der Waals surface area (Å²) in [5.74, 6) is 0. The second-order valence-electron chi connectivity index (χ2n) is 12.3. The van der Waals surface area contributed by atoms with Gasteiger partial charge in [0.2, 0.25) is 0 Å². The van der Waals surface area contributed by atoms with Crippen molar-refractivity contribution in [2.75, 3.05) is 0 Å². The van der Waals surface area contributed by atoms with Crippen molar-refractivity contribution in [1.82, 2.24) is 9.80 Å². The predicted molar refractivity (Wildman–Crippen MR) is 143 cm³/mol. The van der Waals surface area contributed by atoms with Crippen LogP contribution in [0.5, 0.6) is 0 Å². The standard InChI is InChI=1S/C30H40N2O6/c1-29(2,3)37-27(35)31-17-21-13-9-7-11-19(21)15-23(31)25(33)26(34)24-16-20-12-8-10-14-22(20)18-32(24)28(36)38-30(4,5)6/h7-14,23-26,33-34H,15-18H2,1-6H3/t23-,24-,25+,26+/m0/s1. The third-order valence-corrected chi connectivity index (χ3v) is 6.97. The number of hydrogen-bond donors (Lipinski definition) is 2. The number of amides is 2. The van der Waals surface area contributed by atoms with E-state index in [1.807, 2.05) is 48.5 Å². The normalized spacial score (nSPS) is 21.2. The van der Waals surface area contributed by atoms with Gasteiger partial charge in [-0.1, -0.05) is 48.5 Å². The van der Waals surface area contributed by atoms with Crippen molar-refractivity contribution in [1.29, 1.82) is 0 Å². The number of ether oxygens (including phenoxy) is 2. The minimum absolute atomic E-state index is 0.253. The van der Waals surface area contributed by atoms with Crippen molar-refractivity contribution in [3.63, 3.8) is 0 Å². The van der Waals surface area contributed by atoms with Gasteiger partial charge in [0.1, 0.15) is 23.4 Å². The zero-order chi connectivity index (χ0) is 27.8. The third kappa shape index (κ3) is 6.30. The van der Waals surface area contributed by atoms with Crippen LogP contribution < -0.4 is 0 Å². The molecule has 8 heteroatoms. The highest BCUT2D eigenvalue weighted by atomic mass is 16.6. The Morgan fingerprint density at radius 1 is 0.684 bits per heavy atom. The highest BCUT2D eigenvalue weighted by molar-refractivity contribution is 5.70. The number of benzene rings is 2. The molecule has 0 saturated heterocycles. The summed E-state index contributed by atoms with van der Waals surface area (Å²) in [7, 11) is 0. The van der Waals surface area contributed by atoms with Crippen molar-refractivity contribution in [2.24, 2.45) is 0 Å². The highest BCUT2D eigenvalue weighted by Gasteiger charge is 2.45. The molecular formula is C30H40N2O6. The van der Waals surface area contributed by atoms with Crippen LogP contribution in [-0.4, -0.2) is 67.7 Å². The van der Waals surface area contributed by atoms with E-state index in [9.17, 15) is 19.8 Å². The molecule has 0 fully saturated rings. The zero-order valence-corrected chi connectivity index (χ0v) is 23.2. The molecule has 0 spiro atoms. The maximum Gasteiger partial charge on any atom is 0.410 e. The zero-order valence-electron chi connectivity index (χ0n) is 23.2. The molecule has 2 N–H and O–H groups in total. The van der Waals surface area contributed by atoms with Crippen molar-refractivity contribution in [2.45, 2.75) is 103 Å². The quantitative estimate of drug-likeness (QED) is 0.616. The number of carbonyl (C=O) groups is 2. The minimum atomic E-state index is -1.34. The SMILES string of the molecule is CC(C)(C)OC(=O)N1Cc2ccccc2C[C@H]1[C@@H](O)[C@H](O)[C@@H]1Cc2ccccc2CN1C(=O)OC(C)(C)C. The van der Waals surface area contributed by atoms with Gasteiger partial charge in [-0.15, -0.1) is 0 Å². The molecule has 0 saturated carbocycles. The molecule has 0 radical (unpaired) electrons.